The fourth-order valence-electron chi connectivity index (χ4n) is 4.97. The number of carbonyl (C=O) groups excluding carboxylic acids is 2. The third-order valence-electron chi connectivity index (χ3n) is 6.56. The zero-order valence-electron chi connectivity index (χ0n) is 19.5. The Hall–Kier alpha value is -3.08. The molecule has 1 aliphatic carbocycles. The molecule has 0 aromatic heterocycles. The molecule has 0 fully saturated rings. The van der Waals surface area contributed by atoms with Crippen molar-refractivity contribution in [2.75, 3.05) is 19.1 Å². The molecule has 5 nitrogen and oxygen atoms in total. The number of nitrogens with zero attached hydrogens (tertiary/aromatic N) is 1. The fourth-order valence-corrected chi connectivity index (χ4v) is 4.97. The maximum atomic E-state index is 13.6. The summed E-state index contributed by atoms with van der Waals surface area (Å²) in [5.41, 5.74) is 4.20. The molecule has 1 amide bonds. The minimum absolute atomic E-state index is 0.00614. The van der Waals surface area contributed by atoms with Gasteiger partial charge in [-0.25, -0.2) is 0 Å². The van der Waals surface area contributed by atoms with E-state index in [0.717, 1.165) is 28.9 Å². The predicted octanol–water partition coefficient (Wildman–Crippen LogP) is 5.43. The van der Waals surface area contributed by atoms with Crippen molar-refractivity contribution < 1.29 is 19.1 Å². The first kappa shape index (κ1) is 22.1. The highest BCUT2D eigenvalue weighted by molar-refractivity contribution is 6.08. The van der Waals surface area contributed by atoms with E-state index in [1.54, 1.807) is 19.1 Å². The van der Waals surface area contributed by atoms with Crippen LogP contribution in [0.5, 0.6) is 11.5 Å². The largest absolute Gasteiger partial charge is 0.497 e. The van der Waals surface area contributed by atoms with Crippen LogP contribution in [0, 0.1) is 5.41 Å². The number of methoxy groups -OCH3 is 2. The Morgan fingerprint density at radius 2 is 1.72 bits per heavy atom. The molecule has 0 radical (unpaired) electrons. The molecule has 2 aliphatic rings. The van der Waals surface area contributed by atoms with Crippen LogP contribution in [0.3, 0.4) is 0 Å². The smallest absolute Gasteiger partial charge is 0.232 e. The average molecular weight is 434 g/mol. The summed E-state index contributed by atoms with van der Waals surface area (Å²) in [5.74, 6) is 1.09. The molecule has 5 heteroatoms. The number of hydrogen-bond donors (Lipinski definition) is 0. The SMILES string of the molecule is CCc1ccc(N2C(=O)C[C@@H](c3cc(OC)ccc3OC)C3=C2CC(C)(C)CC3=O)cc1. The maximum Gasteiger partial charge on any atom is 0.232 e. The molecule has 0 saturated carbocycles. The second-order valence-corrected chi connectivity index (χ2v) is 9.42. The molecule has 0 N–H and O–H groups in total. The summed E-state index contributed by atoms with van der Waals surface area (Å²) >= 11 is 0. The molecule has 0 spiro atoms. The van der Waals surface area contributed by atoms with Crippen LogP contribution in [-0.4, -0.2) is 25.9 Å². The third-order valence-corrected chi connectivity index (χ3v) is 6.56. The summed E-state index contributed by atoms with van der Waals surface area (Å²) in [6.45, 7) is 6.29. The first-order chi connectivity index (χ1) is 15.3. The van der Waals surface area contributed by atoms with Crippen molar-refractivity contribution >= 4 is 17.4 Å². The van der Waals surface area contributed by atoms with Crippen molar-refractivity contribution in [3.63, 3.8) is 0 Å². The molecule has 2 aromatic carbocycles. The number of Topliss-reactive ketones (excluding diaryl/α,β-unsaturated/α-hetero) is 1. The van der Waals surface area contributed by atoms with Gasteiger partial charge in [-0.1, -0.05) is 32.9 Å². The van der Waals surface area contributed by atoms with Gasteiger partial charge in [0, 0.05) is 41.3 Å². The summed E-state index contributed by atoms with van der Waals surface area (Å²) in [6.07, 6.45) is 2.28. The predicted molar refractivity (Wildman–Crippen MR) is 125 cm³/mol. The van der Waals surface area contributed by atoms with Crippen LogP contribution in [0.15, 0.2) is 53.7 Å². The molecule has 1 heterocycles. The lowest BCUT2D eigenvalue weighted by Gasteiger charge is -2.43. The molecule has 0 bridgehead atoms. The lowest BCUT2D eigenvalue weighted by Crippen LogP contribution is -2.43. The highest BCUT2D eigenvalue weighted by Gasteiger charge is 2.45. The van der Waals surface area contributed by atoms with Gasteiger partial charge in [0.05, 0.1) is 14.2 Å². The van der Waals surface area contributed by atoms with E-state index in [1.165, 1.54) is 5.56 Å². The normalized spacial score (nSPS) is 20.3. The van der Waals surface area contributed by atoms with Crippen molar-refractivity contribution in [3.05, 3.63) is 64.9 Å². The molecule has 32 heavy (non-hydrogen) atoms. The minimum Gasteiger partial charge on any atom is -0.497 e. The van der Waals surface area contributed by atoms with E-state index in [-0.39, 0.29) is 29.4 Å². The van der Waals surface area contributed by atoms with Crippen LogP contribution in [0.25, 0.3) is 0 Å². The Morgan fingerprint density at radius 1 is 1.00 bits per heavy atom. The Kier molecular flexibility index (Phi) is 5.85. The second kappa shape index (κ2) is 8.45. The average Bonchev–Trinajstić information content (AvgIpc) is 2.77. The molecular weight excluding hydrogens is 402 g/mol. The van der Waals surface area contributed by atoms with Gasteiger partial charge < -0.3 is 9.47 Å². The van der Waals surface area contributed by atoms with E-state index in [9.17, 15) is 9.59 Å². The monoisotopic (exact) mass is 433 g/mol. The number of hydrogen-bond acceptors (Lipinski definition) is 4. The van der Waals surface area contributed by atoms with E-state index in [1.807, 2.05) is 30.3 Å². The Morgan fingerprint density at radius 3 is 2.34 bits per heavy atom. The summed E-state index contributed by atoms with van der Waals surface area (Å²) < 4.78 is 11.0. The molecule has 168 valence electrons. The minimum atomic E-state index is -0.350. The number of benzene rings is 2. The van der Waals surface area contributed by atoms with Gasteiger partial charge in [-0.15, -0.1) is 0 Å². The molecule has 1 aliphatic heterocycles. The number of rotatable bonds is 5. The van der Waals surface area contributed by atoms with Crippen molar-refractivity contribution in [1.82, 2.24) is 0 Å². The summed E-state index contributed by atoms with van der Waals surface area (Å²) in [4.78, 5) is 28.8. The topological polar surface area (TPSA) is 55.8 Å². The van der Waals surface area contributed by atoms with E-state index in [2.05, 4.69) is 32.9 Å². The first-order valence-electron chi connectivity index (χ1n) is 11.2. The van der Waals surface area contributed by atoms with Crippen LogP contribution < -0.4 is 14.4 Å². The summed E-state index contributed by atoms with van der Waals surface area (Å²) in [6, 6.07) is 13.6. The Bertz CT molecular complexity index is 1080. The highest BCUT2D eigenvalue weighted by atomic mass is 16.5. The molecule has 0 unspecified atom stereocenters. The second-order valence-electron chi connectivity index (χ2n) is 9.42. The lowest BCUT2D eigenvalue weighted by molar-refractivity contribution is -0.121. The van der Waals surface area contributed by atoms with Gasteiger partial charge in [0.25, 0.3) is 0 Å². The van der Waals surface area contributed by atoms with Gasteiger partial charge in [-0.2, -0.15) is 0 Å². The van der Waals surface area contributed by atoms with Gasteiger partial charge in [0.15, 0.2) is 5.78 Å². The quantitative estimate of drug-likeness (QED) is 0.631. The Labute approximate surface area is 190 Å². The number of aryl methyl sites for hydroxylation is 1. The van der Waals surface area contributed by atoms with Crippen LogP contribution in [0.4, 0.5) is 5.69 Å². The number of carbonyl (C=O) groups is 2. The first-order valence-corrected chi connectivity index (χ1v) is 11.2. The van der Waals surface area contributed by atoms with Gasteiger partial charge >= 0.3 is 0 Å². The molecule has 4 rings (SSSR count). The van der Waals surface area contributed by atoms with E-state index >= 15 is 0 Å². The Balaban J connectivity index is 1.90. The number of amides is 1. The van der Waals surface area contributed by atoms with Crippen molar-refractivity contribution in [2.45, 2.75) is 52.4 Å². The lowest BCUT2D eigenvalue weighted by atomic mass is 9.69. The van der Waals surface area contributed by atoms with Crippen LogP contribution in [0.2, 0.25) is 0 Å². The number of allylic oxidation sites excluding steroid dienone is 2. The maximum absolute atomic E-state index is 13.6. The highest BCUT2D eigenvalue weighted by Crippen LogP contribution is 2.49. The van der Waals surface area contributed by atoms with Crippen LogP contribution in [-0.2, 0) is 16.0 Å². The summed E-state index contributed by atoms with van der Waals surface area (Å²) in [7, 11) is 3.22. The molecule has 2 aromatic rings. The van der Waals surface area contributed by atoms with E-state index in [0.29, 0.717) is 24.3 Å². The van der Waals surface area contributed by atoms with Crippen molar-refractivity contribution in [2.24, 2.45) is 5.41 Å². The van der Waals surface area contributed by atoms with Crippen LogP contribution >= 0.6 is 0 Å². The van der Waals surface area contributed by atoms with Gasteiger partial charge in [-0.3, -0.25) is 14.5 Å². The molecule has 0 saturated heterocycles. The zero-order chi connectivity index (χ0) is 23.0. The van der Waals surface area contributed by atoms with Gasteiger partial charge in [0.2, 0.25) is 5.91 Å². The molecular formula is C27H31NO4. The van der Waals surface area contributed by atoms with Crippen molar-refractivity contribution in [3.8, 4) is 11.5 Å². The van der Waals surface area contributed by atoms with E-state index in [4.69, 9.17) is 9.47 Å². The van der Waals surface area contributed by atoms with Gasteiger partial charge in [-0.05, 0) is 54.2 Å². The third kappa shape index (κ3) is 3.92. The summed E-state index contributed by atoms with van der Waals surface area (Å²) in [5, 5.41) is 0. The van der Waals surface area contributed by atoms with Gasteiger partial charge in [0.1, 0.15) is 11.5 Å². The van der Waals surface area contributed by atoms with E-state index < -0.39 is 0 Å². The molecule has 1 atom stereocenters. The standard InChI is InChI=1S/C27H31NO4/c1-6-17-7-9-18(10-8-17)28-22-15-27(2,3)16-23(29)26(22)21(14-25(28)30)20-13-19(31-4)11-12-24(20)32-5/h7-13,21H,6,14-16H2,1-5H3/t21-/m0/s1. The van der Waals surface area contributed by atoms with Crippen molar-refractivity contribution in [1.29, 1.82) is 0 Å². The number of ketones is 1. The zero-order valence-corrected chi connectivity index (χ0v) is 19.5. The number of anilines is 1. The number of ether oxygens (including phenoxy) is 2. The van der Waals surface area contributed by atoms with Crippen LogP contribution in [0.1, 0.15) is 57.1 Å². The fraction of sp³-hybridized carbons (Fsp3) is 0.407.